The van der Waals surface area contributed by atoms with E-state index in [1.807, 2.05) is 25.2 Å². The Labute approximate surface area is 187 Å². The zero-order valence-corrected chi connectivity index (χ0v) is 19.5. The number of ether oxygens (including phenoxy) is 1. The van der Waals surface area contributed by atoms with Gasteiger partial charge in [0.25, 0.3) is 0 Å². The van der Waals surface area contributed by atoms with E-state index < -0.39 is 0 Å². The molecule has 1 saturated heterocycles. The molecule has 0 bridgehead atoms. The van der Waals surface area contributed by atoms with Crippen LogP contribution in [-0.4, -0.2) is 92.6 Å². The van der Waals surface area contributed by atoms with E-state index in [1.54, 1.807) is 0 Å². The van der Waals surface area contributed by atoms with Crippen molar-refractivity contribution in [3.63, 3.8) is 0 Å². The highest BCUT2D eigenvalue weighted by molar-refractivity contribution is 5.80. The molecule has 1 aliphatic heterocycles. The lowest BCUT2D eigenvalue weighted by Crippen LogP contribution is -2.51. The molecule has 0 aromatic heterocycles. The molecule has 1 saturated carbocycles. The largest absolute Gasteiger partial charge is 0.491 e. The van der Waals surface area contributed by atoms with Gasteiger partial charge < -0.3 is 19.9 Å². The van der Waals surface area contributed by atoms with E-state index >= 15 is 0 Å². The first-order valence-electron chi connectivity index (χ1n) is 11.8. The number of hydrogen-bond donors (Lipinski definition) is 1. The molecule has 3 rings (SSSR count). The van der Waals surface area contributed by atoms with Gasteiger partial charge in [0.1, 0.15) is 12.4 Å². The Morgan fingerprint density at radius 3 is 2.61 bits per heavy atom. The molecule has 1 amide bonds. The topological polar surface area (TPSA) is 60.4 Å². The minimum absolute atomic E-state index is 0.309. The van der Waals surface area contributed by atoms with Crippen molar-refractivity contribution in [1.82, 2.24) is 20.0 Å². The summed E-state index contributed by atoms with van der Waals surface area (Å²) in [4.78, 5) is 23.8. The first kappa shape index (κ1) is 23.4. The molecular weight excluding hydrogens is 390 g/mol. The first-order valence-corrected chi connectivity index (χ1v) is 11.8. The standard InChI is InChI=1S/C24H39N5O2/c1-4-25-24(27(3)18-19-31-22-11-6-5-8-20(22)2)26-12-13-28-14-16-29(17-15-28)23(30)21-9-7-10-21/h5-6,8,11,21H,4,7,9-10,12-19H2,1-3H3,(H,25,26). The predicted octanol–water partition coefficient (Wildman–Crippen LogP) is 2.22. The Bertz CT molecular complexity index is 726. The van der Waals surface area contributed by atoms with E-state index in [-0.39, 0.29) is 0 Å². The summed E-state index contributed by atoms with van der Waals surface area (Å²) in [5.41, 5.74) is 1.15. The van der Waals surface area contributed by atoms with Gasteiger partial charge in [0.2, 0.25) is 5.91 Å². The summed E-state index contributed by atoms with van der Waals surface area (Å²) in [6.07, 6.45) is 3.39. The van der Waals surface area contributed by atoms with Crippen LogP contribution < -0.4 is 10.1 Å². The number of carbonyl (C=O) groups is 1. The average molecular weight is 430 g/mol. The van der Waals surface area contributed by atoms with E-state index in [4.69, 9.17) is 9.73 Å². The highest BCUT2D eigenvalue weighted by atomic mass is 16.5. The van der Waals surface area contributed by atoms with Crippen molar-refractivity contribution < 1.29 is 9.53 Å². The number of guanidine groups is 1. The second kappa shape index (κ2) is 11.9. The molecule has 2 aliphatic rings. The van der Waals surface area contributed by atoms with Crippen molar-refractivity contribution in [2.24, 2.45) is 10.9 Å². The maximum atomic E-state index is 12.4. The molecule has 0 spiro atoms. The molecule has 1 aromatic rings. The first-order chi connectivity index (χ1) is 15.1. The number of nitrogens with zero attached hydrogens (tertiary/aromatic N) is 4. The van der Waals surface area contributed by atoms with Crippen LogP contribution in [0.3, 0.4) is 0 Å². The van der Waals surface area contributed by atoms with Crippen molar-refractivity contribution in [1.29, 1.82) is 0 Å². The third kappa shape index (κ3) is 6.86. The van der Waals surface area contributed by atoms with Crippen molar-refractivity contribution in [3.05, 3.63) is 29.8 Å². The zero-order valence-electron chi connectivity index (χ0n) is 19.5. The molecule has 0 radical (unpaired) electrons. The van der Waals surface area contributed by atoms with Gasteiger partial charge in [-0.2, -0.15) is 0 Å². The Balaban J connectivity index is 1.38. The monoisotopic (exact) mass is 429 g/mol. The summed E-state index contributed by atoms with van der Waals surface area (Å²) in [6, 6.07) is 8.10. The molecule has 0 unspecified atom stereocenters. The third-order valence-corrected chi connectivity index (χ3v) is 6.29. The quantitative estimate of drug-likeness (QED) is 0.482. The summed E-state index contributed by atoms with van der Waals surface area (Å²) in [5.74, 6) is 2.54. The van der Waals surface area contributed by atoms with Gasteiger partial charge in [0, 0.05) is 52.2 Å². The molecule has 31 heavy (non-hydrogen) atoms. The lowest BCUT2D eigenvalue weighted by molar-refractivity contribution is -0.139. The number of piperazine rings is 1. The van der Waals surface area contributed by atoms with Crippen molar-refractivity contribution in [3.8, 4) is 5.75 Å². The fraction of sp³-hybridized carbons (Fsp3) is 0.667. The van der Waals surface area contributed by atoms with Gasteiger partial charge in [0.15, 0.2) is 5.96 Å². The summed E-state index contributed by atoms with van der Waals surface area (Å²) in [5, 5.41) is 3.38. The second-order valence-corrected chi connectivity index (χ2v) is 8.57. The Hall–Kier alpha value is -2.28. The van der Waals surface area contributed by atoms with E-state index in [2.05, 4.69) is 39.9 Å². The number of aryl methyl sites for hydroxylation is 1. The number of likely N-dealkylation sites (N-methyl/N-ethyl adjacent to an activating group) is 1. The highest BCUT2D eigenvalue weighted by Crippen LogP contribution is 2.28. The normalized spacial score (nSPS) is 17.9. The third-order valence-electron chi connectivity index (χ3n) is 6.29. The van der Waals surface area contributed by atoms with E-state index in [9.17, 15) is 4.79 Å². The Morgan fingerprint density at radius 2 is 1.97 bits per heavy atom. The molecule has 7 heteroatoms. The lowest BCUT2D eigenvalue weighted by Gasteiger charge is -2.38. The summed E-state index contributed by atoms with van der Waals surface area (Å²) in [6.45, 7) is 11.7. The maximum absolute atomic E-state index is 12.4. The van der Waals surface area contributed by atoms with Gasteiger partial charge in [-0.1, -0.05) is 24.6 Å². The molecule has 1 aromatic carbocycles. The van der Waals surface area contributed by atoms with Crippen molar-refractivity contribution in [2.75, 3.05) is 66.0 Å². The number of rotatable bonds is 9. The van der Waals surface area contributed by atoms with Crippen LogP contribution in [0.15, 0.2) is 29.3 Å². The summed E-state index contributed by atoms with van der Waals surface area (Å²) in [7, 11) is 2.05. The number of para-hydroxylation sites is 1. The smallest absolute Gasteiger partial charge is 0.225 e. The number of carbonyl (C=O) groups excluding carboxylic acids is 1. The number of nitrogens with one attached hydrogen (secondary N) is 1. The molecule has 7 nitrogen and oxygen atoms in total. The number of hydrogen-bond acceptors (Lipinski definition) is 4. The zero-order chi connectivity index (χ0) is 22.1. The van der Waals surface area contributed by atoms with Crippen molar-refractivity contribution >= 4 is 11.9 Å². The van der Waals surface area contributed by atoms with Gasteiger partial charge in [-0.05, 0) is 38.3 Å². The van der Waals surface area contributed by atoms with Crippen LogP contribution in [0, 0.1) is 12.8 Å². The minimum atomic E-state index is 0.309. The van der Waals surface area contributed by atoms with Crippen LogP contribution in [0.2, 0.25) is 0 Å². The molecular formula is C24H39N5O2. The van der Waals surface area contributed by atoms with E-state index in [1.165, 1.54) is 6.42 Å². The molecule has 1 N–H and O–H groups in total. The average Bonchev–Trinajstić information content (AvgIpc) is 2.73. The molecule has 172 valence electrons. The molecule has 0 atom stereocenters. The number of benzene rings is 1. The second-order valence-electron chi connectivity index (χ2n) is 8.57. The van der Waals surface area contributed by atoms with E-state index in [0.717, 1.165) is 82.5 Å². The number of amides is 1. The van der Waals surface area contributed by atoms with Gasteiger partial charge in [-0.25, -0.2) is 0 Å². The fourth-order valence-corrected chi connectivity index (χ4v) is 3.99. The van der Waals surface area contributed by atoms with Crippen molar-refractivity contribution in [2.45, 2.75) is 33.1 Å². The molecule has 2 fully saturated rings. The van der Waals surface area contributed by atoms with Crippen LogP contribution in [0.5, 0.6) is 5.75 Å². The summed E-state index contributed by atoms with van der Waals surface area (Å²) >= 11 is 0. The maximum Gasteiger partial charge on any atom is 0.225 e. The minimum Gasteiger partial charge on any atom is -0.491 e. The molecule has 1 heterocycles. The van der Waals surface area contributed by atoms with Crippen LogP contribution in [0.4, 0.5) is 0 Å². The van der Waals surface area contributed by atoms with Gasteiger partial charge in [0.05, 0.1) is 13.1 Å². The fourth-order valence-electron chi connectivity index (χ4n) is 3.99. The number of aliphatic imine (C=N–C) groups is 1. The van der Waals surface area contributed by atoms with Crippen LogP contribution in [0.25, 0.3) is 0 Å². The van der Waals surface area contributed by atoms with Gasteiger partial charge in [-0.3, -0.25) is 14.7 Å². The van der Waals surface area contributed by atoms with Crippen LogP contribution in [-0.2, 0) is 4.79 Å². The Kier molecular flexibility index (Phi) is 9.00. The Morgan fingerprint density at radius 1 is 1.23 bits per heavy atom. The summed E-state index contributed by atoms with van der Waals surface area (Å²) < 4.78 is 5.93. The van der Waals surface area contributed by atoms with Gasteiger partial charge >= 0.3 is 0 Å². The lowest BCUT2D eigenvalue weighted by atomic mass is 9.84. The predicted molar refractivity (Wildman–Crippen MR) is 126 cm³/mol. The highest BCUT2D eigenvalue weighted by Gasteiger charge is 2.30. The van der Waals surface area contributed by atoms with E-state index in [0.29, 0.717) is 18.4 Å². The van der Waals surface area contributed by atoms with Gasteiger partial charge in [-0.15, -0.1) is 0 Å². The van der Waals surface area contributed by atoms with Crippen LogP contribution in [0.1, 0.15) is 31.7 Å². The molecule has 1 aliphatic carbocycles. The SMILES string of the molecule is CCNC(=NCCN1CCN(C(=O)C2CCC2)CC1)N(C)CCOc1ccccc1C. The van der Waals surface area contributed by atoms with Crippen LogP contribution >= 0.6 is 0 Å².